The molecule has 2 aliphatic rings. The standard InChI is InChI=1S/C14H21N3OS/c1-2-14(6-3-4-7-14)12(18)17-13-16-10-5-8-15-9-11(10)19-13/h15H,2-9H2,1H3,(H,16,17,18). The van der Waals surface area contributed by atoms with Crippen LogP contribution in [0.5, 0.6) is 0 Å². The van der Waals surface area contributed by atoms with Crippen LogP contribution in [-0.4, -0.2) is 17.4 Å². The Morgan fingerprint density at radius 3 is 2.95 bits per heavy atom. The van der Waals surface area contributed by atoms with Crippen LogP contribution in [0.2, 0.25) is 0 Å². The lowest BCUT2D eigenvalue weighted by atomic mass is 9.82. The van der Waals surface area contributed by atoms with Gasteiger partial charge in [0.15, 0.2) is 5.13 Å². The second-order valence-electron chi connectivity index (χ2n) is 5.61. The highest BCUT2D eigenvalue weighted by atomic mass is 32.1. The predicted octanol–water partition coefficient (Wildman–Crippen LogP) is 2.70. The first-order valence-corrected chi connectivity index (χ1v) is 8.06. The van der Waals surface area contributed by atoms with Crippen molar-refractivity contribution in [2.24, 2.45) is 5.41 Å². The Labute approximate surface area is 118 Å². The van der Waals surface area contributed by atoms with Gasteiger partial charge in [-0.25, -0.2) is 4.98 Å². The van der Waals surface area contributed by atoms with Gasteiger partial charge in [0, 0.05) is 29.8 Å². The van der Waals surface area contributed by atoms with E-state index in [1.54, 1.807) is 11.3 Å². The van der Waals surface area contributed by atoms with E-state index < -0.39 is 0 Å². The first-order chi connectivity index (χ1) is 9.23. The molecule has 1 fully saturated rings. The summed E-state index contributed by atoms with van der Waals surface area (Å²) in [5.74, 6) is 0.187. The fourth-order valence-corrected chi connectivity index (χ4v) is 4.17. The van der Waals surface area contributed by atoms with Crippen LogP contribution in [0, 0.1) is 5.41 Å². The Bertz CT molecular complexity index is 454. The summed E-state index contributed by atoms with van der Waals surface area (Å²) in [6.45, 7) is 4.01. The number of carbonyl (C=O) groups is 1. The third kappa shape index (κ3) is 2.41. The minimum Gasteiger partial charge on any atom is -0.311 e. The molecular formula is C14H21N3OS. The molecule has 0 saturated heterocycles. The van der Waals surface area contributed by atoms with E-state index in [4.69, 9.17) is 0 Å². The Morgan fingerprint density at radius 2 is 2.26 bits per heavy atom. The van der Waals surface area contributed by atoms with Crippen LogP contribution in [0.1, 0.15) is 49.6 Å². The molecule has 1 aromatic rings. The fraction of sp³-hybridized carbons (Fsp3) is 0.714. The zero-order valence-electron chi connectivity index (χ0n) is 11.4. The molecule has 5 heteroatoms. The monoisotopic (exact) mass is 279 g/mol. The average Bonchev–Trinajstić information content (AvgIpc) is 3.05. The number of nitrogens with zero attached hydrogens (tertiary/aromatic N) is 1. The number of rotatable bonds is 3. The molecule has 0 aromatic carbocycles. The van der Waals surface area contributed by atoms with E-state index in [0.29, 0.717) is 0 Å². The zero-order chi connectivity index (χ0) is 13.3. The van der Waals surface area contributed by atoms with Crippen molar-refractivity contribution in [3.05, 3.63) is 10.6 Å². The SMILES string of the molecule is CCC1(C(=O)Nc2nc3c(s2)CNCC3)CCCC1. The highest BCUT2D eigenvalue weighted by Crippen LogP contribution is 2.42. The number of hydrogen-bond donors (Lipinski definition) is 2. The van der Waals surface area contributed by atoms with Crippen LogP contribution in [0.25, 0.3) is 0 Å². The number of thiazole rings is 1. The minimum absolute atomic E-state index is 0.134. The molecule has 2 N–H and O–H groups in total. The summed E-state index contributed by atoms with van der Waals surface area (Å²) in [4.78, 5) is 18.4. The van der Waals surface area contributed by atoms with Crippen molar-refractivity contribution in [3.8, 4) is 0 Å². The van der Waals surface area contributed by atoms with Gasteiger partial charge in [0.1, 0.15) is 0 Å². The summed E-state index contributed by atoms with van der Waals surface area (Å²) in [5, 5.41) is 7.20. The molecule has 19 heavy (non-hydrogen) atoms. The first kappa shape index (κ1) is 13.1. The van der Waals surface area contributed by atoms with Gasteiger partial charge in [-0.15, -0.1) is 11.3 Å². The van der Waals surface area contributed by atoms with E-state index >= 15 is 0 Å². The van der Waals surface area contributed by atoms with E-state index in [1.165, 1.54) is 17.7 Å². The lowest BCUT2D eigenvalue weighted by molar-refractivity contribution is -0.125. The summed E-state index contributed by atoms with van der Waals surface area (Å²) < 4.78 is 0. The van der Waals surface area contributed by atoms with Crippen molar-refractivity contribution < 1.29 is 4.79 Å². The largest absolute Gasteiger partial charge is 0.311 e. The Balaban J connectivity index is 1.73. The number of hydrogen-bond acceptors (Lipinski definition) is 4. The lowest BCUT2D eigenvalue weighted by Gasteiger charge is -2.25. The van der Waals surface area contributed by atoms with Gasteiger partial charge < -0.3 is 10.6 Å². The molecule has 1 aromatic heterocycles. The van der Waals surface area contributed by atoms with Gasteiger partial charge in [0.2, 0.25) is 5.91 Å². The second-order valence-corrected chi connectivity index (χ2v) is 6.69. The topological polar surface area (TPSA) is 54.0 Å². The maximum Gasteiger partial charge on any atom is 0.232 e. The molecule has 104 valence electrons. The molecule has 1 aliphatic heterocycles. The van der Waals surface area contributed by atoms with Crippen molar-refractivity contribution in [2.75, 3.05) is 11.9 Å². The van der Waals surface area contributed by atoms with E-state index in [9.17, 15) is 4.79 Å². The maximum absolute atomic E-state index is 12.5. The van der Waals surface area contributed by atoms with Crippen LogP contribution in [0.4, 0.5) is 5.13 Å². The van der Waals surface area contributed by atoms with Crippen molar-refractivity contribution in [1.29, 1.82) is 0 Å². The van der Waals surface area contributed by atoms with E-state index in [2.05, 4.69) is 22.5 Å². The minimum atomic E-state index is -0.134. The van der Waals surface area contributed by atoms with Gasteiger partial charge in [-0.05, 0) is 19.3 Å². The third-order valence-corrected chi connectivity index (χ3v) is 5.56. The van der Waals surface area contributed by atoms with Crippen LogP contribution >= 0.6 is 11.3 Å². The average molecular weight is 279 g/mol. The molecule has 0 bridgehead atoms. The van der Waals surface area contributed by atoms with Crippen molar-refractivity contribution >= 4 is 22.4 Å². The molecule has 0 atom stereocenters. The molecule has 3 rings (SSSR count). The van der Waals surface area contributed by atoms with Gasteiger partial charge >= 0.3 is 0 Å². The van der Waals surface area contributed by atoms with Gasteiger partial charge in [-0.1, -0.05) is 19.8 Å². The fourth-order valence-electron chi connectivity index (χ4n) is 3.20. The number of amides is 1. The Hall–Kier alpha value is -0.940. The number of nitrogens with one attached hydrogen (secondary N) is 2. The highest BCUT2D eigenvalue weighted by Gasteiger charge is 2.39. The molecule has 4 nitrogen and oxygen atoms in total. The molecule has 1 aliphatic carbocycles. The van der Waals surface area contributed by atoms with Gasteiger partial charge in [-0.2, -0.15) is 0 Å². The Morgan fingerprint density at radius 1 is 1.47 bits per heavy atom. The quantitative estimate of drug-likeness (QED) is 0.894. The van der Waals surface area contributed by atoms with E-state index in [0.717, 1.165) is 49.6 Å². The van der Waals surface area contributed by atoms with E-state index in [-0.39, 0.29) is 11.3 Å². The molecule has 1 saturated carbocycles. The third-order valence-electron chi connectivity index (χ3n) is 4.54. The highest BCUT2D eigenvalue weighted by molar-refractivity contribution is 7.15. The predicted molar refractivity (Wildman–Crippen MR) is 77.3 cm³/mol. The summed E-state index contributed by atoms with van der Waals surface area (Å²) >= 11 is 1.63. The molecule has 2 heterocycles. The lowest BCUT2D eigenvalue weighted by Crippen LogP contribution is -2.33. The van der Waals surface area contributed by atoms with Gasteiger partial charge in [0.25, 0.3) is 0 Å². The number of anilines is 1. The van der Waals surface area contributed by atoms with Gasteiger partial charge in [-0.3, -0.25) is 4.79 Å². The van der Waals surface area contributed by atoms with E-state index in [1.807, 2.05) is 0 Å². The molecule has 0 unspecified atom stereocenters. The normalized spacial score (nSPS) is 21.1. The van der Waals surface area contributed by atoms with Crippen LogP contribution in [0.3, 0.4) is 0 Å². The maximum atomic E-state index is 12.5. The zero-order valence-corrected chi connectivity index (χ0v) is 12.2. The molecule has 1 amide bonds. The number of carbonyl (C=O) groups excluding carboxylic acids is 1. The summed E-state index contributed by atoms with van der Waals surface area (Å²) in [5.41, 5.74) is 1.03. The molecule has 0 spiro atoms. The number of aromatic nitrogens is 1. The molecule has 0 radical (unpaired) electrons. The summed E-state index contributed by atoms with van der Waals surface area (Å²) in [7, 11) is 0. The van der Waals surface area contributed by atoms with Crippen molar-refractivity contribution in [2.45, 2.75) is 52.0 Å². The summed E-state index contributed by atoms with van der Waals surface area (Å²) in [6, 6.07) is 0. The first-order valence-electron chi connectivity index (χ1n) is 7.24. The Kier molecular flexibility index (Phi) is 3.58. The van der Waals surface area contributed by atoms with Crippen LogP contribution in [-0.2, 0) is 17.8 Å². The van der Waals surface area contributed by atoms with Crippen molar-refractivity contribution in [3.63, 3.8) is 0 Å². The number of fused-ring (bicyclic) bond motifs is 1. The smallest absolute Gasteiger partial charge is 0.232 e. The van der Waals surface area contributed by atoms with Gasteiger partial charge in [0.05, 0.1) is 5.69 Å². The van der Waals surface area contributed by atoms with Crippen molar-refractivity contribution in [1.82, 2.24) is 10.3 Å². The summed E-state index contributed by atoms with van der Waals surface area (Å²) in [6.07, 6.45) is 6.33. The molecular weight excluding hydrogens is 258 g/mol. The van der Waals surface area contributed by atoms with Crippen LogP contribution < -0.4 is 10.6 Å². The second kappa shape index (κ2) is 5.21. The van der Waals surface area contributed by atoms with Crippen LogP contribution in [0.15, 0.2) is 0 Å².